The highest BCUT2D eigenvalue weighted by atomic mass is 16.5. The Balaban J connectivity index is 1.66. The van der Waals surface area contributed by atoms with E-state index < -0.39 is 0 Å². The Kier molecular flexibility index (Phi) is 3.65. The maximum Gasteiger partial charge on any atom is 0.289 e. The van der Waals surface area contributed by atoms with E-state index in [2.05, 4.69) is 22.3 Å². The fourth-order valence-electron chi connectivity index (χ4n) is 3.28. The minimum absolute atomic E-state index is 0.0208. The Hall–Kier alpha value is -2.89. The van der Waals surface area contributed by atoms with Gasteiger partial charge in [-0.25, -0.2) is 0 Å². The lowest BCUT2D eigenvalue weighted by atomic mass is 9.89. The number of aromatic nitrogens is 2. The zero-order chi connectivity index (χ0) is 16.5. The molecule has 0 bridgehead atoms. The van der Waals surface area contributed by atoms with Gasteiger partial charge in [0.1, 0.15) is 0 Å². The van der Waals surface area contributed by atoms with Crippen molar-refractivity contribution in [3.05, 3.63) is 71.8 Å². The summed E-state index contributed by atoms with van der Waals surface area (Å²) in [7, 11) is 0. The smallest absolute Gasteiger partial charge is 0.289 e. The second-order valence-corrected chi connectivity index (χ2v) is 5.99. The Morgan fingerprint density at radius 3 is 2.58 bits per heavy atom. The summed E-state index contributed by atoms with van der Waals surface area (Å²) in [6, 6.07) is 13.5. The Bertz CT molecular complexity index is 826. The Morgan fingerprint density at radius 2 is 1.92 bits per heavy atom. The SMILES string of the molecule is Cc1noc([C@@H]2CN(C(=O)c3ccco3)C[C@@H]2c2ccccc2)n1. The number of nitrogens with zero attached hydrogens (tertiary/aromatic N) is 3. The van der Waals surface area contributed by atoms with E-state index in [4.69, 9.17) is 8.94 Å². The maximum absolute atomic E-state index is 12.6. The number of hydrogen-bond acceptors (Lipinski definition) is 5. The van der Waals surface area contributed by atoms with Gasteiger partial charge in [-0.15, -0.1) is 0 Å². The number of benzene rings is 1. The van der Waals surface area contributed by atoms with Gasteiger partial charge in [-0.1, -0.05) is 35.5 Å². The van der Waals surface area contributed by atoms with Crippen LogP contribution in [-0.4, -0.2) is 34.0 Å². The Morgan fingerprint density at radius 1 is 1.12 bits per heavy atom. The average Bonchev–Trinajstić information content (AvgIpc) is 3.35. The molecule has 0 unspecified atom stereocenters. The van der Waals surface area contributed by atoms with E-state index in [1.165, 1.54) is 6.26 Å². The van der Waals surface area contributed by atoms with Crippen LogP contribution >= 0.6 is 0 Å². The summed E-state index contributed by atoms with van der Waals surface area (Å²) in [5.74, 6) is 1.52. The molecule has 0 N–H and O–H groups in total. The van der Waals surface area contributed by atoms with Crippen molar-refractivity contribution in [2.45, 2.75) is 18.8 Å². The number of furan rings is 1. The van der Waals surface area contributed by atoms with E-state index in [1.807, 2.05) is 18.2 Å². The summed E-state index contributed by atoms with van der Waals surface area (Å²) < 4.78 is 10.6. The zero-order valence-corrected chi connectivity index (χ0v) is 13.3. The first kappa shape index (κ1) is 14.7. The van der Waals surface area contributed by atoms with Gasteiger partial charge in [0.05, 0.1) is 12.2 Å². The van der Waals surface area contributed by atoms with Crippen LogP contribution in [0.25, 0.3) is 0 Å². The van der Waals surface area contributed by atoms with Crippen molar-refractivity contribution in [2.24, 2.45) is 0 Å². The largest absolute Gasteiger partial charge is 0.459 e. The number of likely N-dealkylation sites (tertiary alicyclic amines) is 1. The number of aryl methyl sites for hydroxylation is 1. The molecule has 2 atom stereocenters. The predicted molar refractivity (Wildman–Crippen MR) is 85.6 cm³/mol. The van der Waals surface area contributed by atoms with Crippen LogP contribution in [0.4, 0.5) is 0 Å². The van der Waals surface area contributed by atoms with Crippen molar-refractivity contribution in [2.75, 3.05) is 13.1 Å². The van der Waals surface area contributed by atoms with Crippen LogP contribution < -0.4 is 0 Å². The van der Waals surface area contributed by atoms with Crippen LogP contribution in [0.15, 0.2) is 57.7 Å². The topological polar surface area (TPSA) is 72.4 Å². The predicted octanol–water partition coefficient (Wildman–Crippen LogP) is 2.99. The van der Waals surface area contributed by atoms with Gasteiger partial charge >= 0.3 is 0 Å². The lowest BCUT2D eigenvalue weighted by Gasteiger charge is -2.15. The van der Waals surface area contributed by atoms with Crippen molar-refractivity contribution < 1.29 is 13.7 Å². The summed E-state index contributed by atoms with van der Waals surface area (Å²) in [5.41, 5.74) is 1.16. The van der Waals surface area contributed by atoms with E-state index in [1.54, 1.807) is 24.0 Å². The van der Waals surface area contributed by atoms with Crippen LogP contribution in [0.1, 0.15) is 39.7 Å². The number of rotatable bonds is 3. The molecular weight excluding hydrogens is 306 g/mol. The van der Waals surface area contributed by atoms with E-state index in [0.717, 1.165) is 5.56 Å². The molecule has 6 heteroatoms. The Labute approximate surface area is 139 Å². The lowest BCUT2D eigenvalue weighted by molar-refractivity contribution is 0.0756. The average molecular weight is 323 g/mol. The highest BCUT2D eigenvalue weighted by Crippen LogP contribution is 2.39. The van der Waals surface area contributed by atoms with E-state index in [-0.39, 0.29) is 17.7 Å². The molecule has 3 heterocycles. The van der Waals surface area contributed by atoms with Crippen LogP contribution in [-0.2, 0) is 0 Å². The molecule has 1 aromatic carbocycles. The van der Waals surface area contributed by atoms with Crippen molar-refractivity contribution in [3.63, 3.8) is 0 Å². The molecule has 3 aromatic rings. The molecule has 122 valence electrons. The van der Waals surface area contributed by atoms with Crippen molar-refractivity contribution >= 4 is 5.91 Å². The lowest BCUT2D eigenvalue weighted by Crippen LogP contribution is -2.28. The molecule has 0 saturated carbocycles. The monoisotopic (exact) mass is 323 g/mol. The molecule has 1 amide bonds. The fourth-order valence-corrected chi connectivity index (χ4v) is 3.28. The molecular formula is C18H17N3O3. The number of carbonyl (C=O) groups excluding carboxylic acids is 1. The number of hydrogen-bond donors (Lipinski definition) is 0. The van der Waals surface area contributed by atoms with Crippen molar-refractivity contribution in [1.29, 1.82) is 0 Å². The van der Waals surface area contributed by atoms with Gasteiger partial charge < -0.3 is 13.8 Å². The first-order chi connectivity index (χ1) is 11.7. The van der Waals surface area contributed by atoms with Gasteiger partial charge in [-0.05, 0) is 24.6 Å². The van der Waals surface area contributed by atoms with Crippen LogP contribution in [0.2, 0.25) is 0 Å². The molecule has 4 rings (SSSR count). The summed E-state index contributed by atoms with van der Waals surface area (Å²) in [6.07, 6.45) is 1.51. The molecule has 1 fully saturated rings. The van der Waals surface area contributed by atoms with E-state index in [9.17, 15) is 4.79 Å². The molecule has 1 aliphatic heterocycles. The quantitative estimate of drug-likeness (QED) is 0.741. The molecule has 0 spiro atoms. The highest BCUT2D eigenvalue weighted by molar-refractivity contribution is 5.91. The summed E-state index contributed by atoms with van der Waals surface area (Å²) >= 11 is 0. The van der Waals surface area contributed by atoms with Gasteiger partial charge in [-0.3, -0.25) is 4.79 Å². The van der Waals surface area contributed by atoms with E-state index >= 15 is 0 Å². The minimum Gasteiger partial charge on any atom is -0.459 e. The zero-order valence-electron chi connectivity index (χ0n) is 13.3. The third kappa shape index (κ3) is 2.60. The number of carbonyl (C=O) groups is 1. The van der Waals surface area contributed by atoms with Crippen LogP contribution in [0.3, 0.4) is 0 Å². The molecule has 2 aromatic heterocycles. The molecule has 0 radical (unpaired) electrons. The van der Waals surface area contributed by atoms with Crippen molar-refractivity contribution in [1.82, 2.24) is 15.0 Å². The third-order valence-corrected chi connectivity index (χ3v) is 4.43. The van der Waals surface area contributed by atoms with Gasteiger partial charge in [-0.2, -0.15) is 4.98 Å². The van der Waals surface area contributed by atoms with Gasteiger partial charge in [0.2, 0.25) is 5.89 Å². The number of amides is 1. The summed E-state index contributed by atoms with van der Waals surface area (Å²) in [5, 5.41) is 3.90. The molecule has 1 aliphatic rings. The maximum atomic E-state index is 12.6. The molecule has 24 heavy (non-hydrogen) atoms. The van der Waals surface area contributed by atoms with Crippen LogP contribution in [0.5, 0.6) is 0 Å². The summed E-state index contributed by atoms with van der Waals surface area (Å²) in [6.45, 7) is 2.92. The second kappa shape index (κ2) is 5.96. The van der Waals surface area contributed by atoms with Gasteiger partial charge in [0, 0.05) is 19.0 Å². The van der Waals surface area contributed by atoms with Crippen molar-refractivity contribution in [3.8, 4) is 0 Å². The van der Waals surface area contributed by atoms with Crippen LogP contribution in [0, 0.1) is 6.92 Å². The second-order valence-electron chi connectivity index (χ2n) is 5.99. The first-order valence-electron chi connectivity index (χ1n) is 7.90. The van der Waals surface area contributed by atoms with E-state index in [0.29, 0.717) is 30.6 Å². The summed E-state index contributed by atoms with van der Waals surface area (Å²) in [4.78, 5) is 18.8. The molecule has 0 aliphatic carbocycles. The first-order valence-corrected chi connectivity index (χ1v) is 7.90. The highest BCUT2D eigenvalue weighted by Gasteiger charge is 2.40. The van der Waals surface area contributed by atoms with Gasteiger partial charge in [0.25, 0.3) is 5.91 Å². The minimum atomic E-state index is -0.111. The standard InChI is InChI=1S/C18H17N3O3/c1-12-19-17(24-20-12)15-11-21(18(22)16-8-5-9-23-16)10-14(15)13-6-3-2-4-7-13/h2-9,14-15H,10-11H2,1H3/t14-,15-/m1/s1. The van der Waals surface area contributed by atoms with Gasteiger partial charge in [0.15, 0.2) is 11.6 Å². The molecule has 1 saturated heterocycles. The normalized spacial score (nSPS) is 20.5. The third-order valence-electron chi connectivity index (χ3n) is 4.43. The fraction of sp³-hybridized carbons (Fsp3) is 0.278. The molecule has 6 nitrogen and oxygen atoms in total.